The first-order valence-electron chi connectivity index (χ1n) is 8.71. The molecular formula is C21H21NO3. The van der Waals surface area contributed by atoms with Crippen LogP contribution < -0.4 is 9.47 Å². The number of hydrogen-bond acceptors (Lipinski definition) is 4. The van der Waals surface area contributed by atoms with E-state index in [-0.39, 0.29) is 11.9 Å². The summed E-state index contributed by atoms with van der Waals surface area (Å²) in [6, 6.07) is 14.2. The molecular weight excluding hydrogens is 314 g/mol. The van der Waals surface area contributed by atoms with Crippen LogP contribution in [0.15, 0.2) is 47.5 Å². The number of carbonyl (C=O) groups is 1. The van der Waals surface area contributed by atoms with Crippen molar-refractivity contribution in [2.45, 2.75) is 38.2 Å². The summed E-state index contributed by atoms with van der Waals surface area (Å²) in [7, 11) is 1.65. The molecule has 2 aliphatic carbocycles. The molecule has 0 atom stereocenters. The van der Waals surface area contributed by atoms with E-state index >= 15 is 0 Å². The Morgan fingerprint density at radius 1 is 1.00 bits per heavy atom. The summed E-state index contributed by atoms with van der Waals surface area (Å²) in [6.07, 6.45) is 3.78. The molecule has 4 nitrogen and oxygen atoms in total. The van der Waals surface area contributed by atoms with E-state index in [1.54, 1.807) is 7.11 Å². The quantitative estimate of drug-likeness (QED) is 0.846. The van der Waals surface area contributed by atoms with Crippen LogP contribution in [-0.2, 0) is 17.6 Å². The van der Waals surface area contributed by atoms with E-state index in [1.165, 1.54) is 11.1 Å². The Morgan fingerprint density at radius 2 is 1.76 bits per heavy atom. The van der Waals surface area contributed by atoms with Crippen molar-refractivity contribution in [3.8, 4) is 11.5 Å². The Hall–Kier alpha value is -2.62. The predicted molar refractivity (Wildman–Crippen MR) is 97.2 cm³/mol. The molecule has 0 amide bonds. The van der Waals surface area contributed by atoms with Crippen molar-refractivity contribution in [2.24, 2.45) is 4.99 Å². The molecule has 0 unspecified atom stereocenters. The zero-order valence-electron chi connectivity index (χ0n) is 14.3. The Balaban J connectivity index is 1.54. The molecule has 0 spiro atoms. The molecule has 0 aliphatic heterocycles. The average Bonchev–Trinajstić information content (AvgIpc) is 3.20. The Morgan fingerprint density at radius 3 is 2.40 bits per heavy atom. The van der Waals surface area contributed by atoms with Gasteiger partial charge in [-0.15, -0.1) is 0 Å². The lowest BCUT2D eigenvalue weighted by Crippen LogP contribution is -2.16. The number of ether oxygens (including phenoxy) is 2. The minimum absolute atomic E-state index is 0.113. The average molecular weight is 335 g/mol. The van der Waals surface area contributed by atoms with Crippen molar-refractivity contribution in [2.75, 3.05) is 7.11 Å². The van der Waals surface area contributed by atoms with Crippen LogP contribution in [0.25, 0.3) is 0 Å². The summed E-state index contributed by atoms with van der Waals surface area (Å²) in [4.78, 5) is 16.0. The molecule has 0 aromatic heterocycles. The molecule has 2 aromatic rings. The summed E-state index contributed by atoms with van der Waals surface area (Å²) < 4.78 is 11.7. The van der Waals surface area contributed by atoms with Gasteiger partial charge in [0.2, 0.25) is 0 Å². The van der Waals surface area contributed by atoms with Crippen molar-refractivity contribution in [1.29, 1.82) is 0 Å². The van der Waals surface area contributed by atoms with E-state index < -0.39 is 0 Å². The largest absolute Gasteiger partial charge is 0.493 e. The number of fused-ring (bicyclic) bond motifs is 1. The SMILES string of the molecule is COc1ccc(N=C2CCC(=O)C2)cc1OC1Cc2ccccc2C1. The highest BCUT2D eigenvalue weighted by molar-refractivity contribution is 6.09. The van der Waals surface area contributed by atoms with Gasteiger partial charge in [0.15, 0.2) is 11.5 Å². The summed E-state index contributed by atoms with van der Waals surface area (Å²) >= 11 is 0. The molecule has 2 aromatic carbocycles. The molecule has 128 valence electrons. The van der Waals surface area contributed by atoms with Crippen molar-refractivity contribution in [3.63, 3.8) is 0 Å². The van der Waals surface area contributed by atoms with E-state index in [2.05, 4.69) is 29.3 Å². The predicted octanol–water partition coefficient (Wildman–Crippen LogP) is 4.07. The van der Waals surface area contributed by atoms with Crippen molar-refractivity contribution < 1.29 is 14.3 Å². The Labute approximate surface area is 147 Å². The third kappa shape index (κ3) is 3.43. The van der Waals surface area contributed by atoms with Crippen molar-refractivity contribution in [3.05, 3.63) is 53.6 Å². The first-order chi connectivity index (χ1) is 12.2. The maximum absolute atomic E-state index is 11.4. The summed E-state index contributed by atoms with van der Waals surface area (Å²) in [5, 5.41) is 0. The number of ketones is 1. The van der Waals surface area contributed by atoms with Gasteiger partial charge in [-0.25, -0.2) is 0 Å². The highest BCUT2D eigenvalue weighted by Gasteiger charge is 2.24. The molecule has 0 saturated heterocycles. The molecule has 0 N–H and O–H groups in total. The summed E-state index contributed by atoms with van der Waals surface area (Å²) in [6.45, 7) is 0. The fourth-order valence-corrected chi connectivity index (χ4v) is 3.57. The number of Topliss-reactive ketones (excluding diaryl/α,β-unsaturated/α-hetero) is 1. The van der Waals surface area contributed by atoms with Gasteiger partial charge in [-0.3, -0.25) is 9.79 Å². The molecule has 1 fully saturated rings. The molecule has 0 radical (unpaired) electrons. The van der Waals surface area contributed by atoms with Gasteiger partial charge in [0.05, 0.1) is 12.8 Å². The van der Waals surface area contributed by atoms with E-state index in [0.29, 0.717) is 24.3 Å². The van der Waals surface area contributed by atoms with Gasteiger partial charge in [0, 0.05) is 37.5 Å². The number of carbonyl (C=O) groups excluding carboxylic acids is 1. The van der Waals surface area contributed by atoms with Gasteiger partial charge in [-0.1, -0.05) is 24.3 Å². The number of methoxy groups -OCH3 is 1. The fourth-order valence-electron chi connectivity index (χ4n) is 3.57. The van der Waals surface area contributed by atoms with Gasteiger partial charge >= 0.3 is 0 Å². The minimum Gasteiger partial charge on any atom is -0.493 e. The first kappa shape index (κ1) is 15.9. The monoisotopic (exact) mass is 335 g/mol. The van der Waals surface area contributed by atoms with Gasteiger partial charge in [0.25, 0.3) is 0 Å². The zero-order chi connectivity index (χ0) is 17.2. The number of benzene rings is 2. The van der Waals surface area contributed by atoms with Gasteiger partial charge in [-0.05, 0) is 29.7 Å². The maximum atomic E-state index is 11.4. The second-order valence-electron chi connectivity index (χ2n) is 6.65. The van der Waals surface area contributed by atoms with Crippen molar-refractivity contribution >= 4 is 17.2 Å². The Bertz CT molecular complexity index is 816. The highest BCUT2D eigenvalue weighted by atomic mass is 16.5. The second kappa shape index (κ2) is 6.71. The molecule has 1 saturated carbocycles. The number of nitrogens with zero attached hydrogens (tertiary/aromatic N) is 1. The molecule has 25 heavy (non-hydrogen) atoms. The van der Waals surface area contributed by atoms with Gasteiger partial charge in [-0.2, -0.15) is 0 Å². The molecule has 4 rings (SSSR count). The Kier molecular flexibility index (Phi) is 4.26. The van der Waals surface area contributed by atoms with Crippen LogP contribution in [0.3, 0.4) is 0 Å². The minimum atomic E-state index is 0.113. The molecule has 0 heterocycles. The number of hydrogen-bond donors (Lipinski definition) is 0. The third-order valence-electron chi connectivity index (χ3n) is 4.84. The van der Waals surface area contributed by atoms with Crippen LogP contribution in [0.1, 0.15) is 30.4 Å². The van der Waals surface area contributed by atoms with Crippen LogP contribution in [-0.4, -0.2) is 24.7 Å². The highest BCUT2D eigenvalue weighted by Crippen LogP contribution is 2.35. The second-order valence-corrected chi connectivity index (χ2v) is 6.65. The number of rotatable bonds is 4. The van der Waals surface area contributed by atoms with Gasteiger partial charge in [0.1, 0.15) is 11.9 Å². The maximum Gasteiger partial charge on any atom is 0.163 e. The number of aliphatic imine (C=N–C) groups is 1. The third-order valence-corrected chi connectivity index (χ3v) is 4.84. The lowest BCUT2D eigenvalue weighted by Gasteiger charge is -2.16. The normalized spacial score (nSPS) is 18.6. The molecule has 0 bridgehead atoms. The topological polar surface area (TPSA) is 47.9 Å². The fraction of sp³-hybridized carbons (Fsp3) is 0.333. The van der Waals surface area contributed by atoms with E-state index in [1.807, 2.05) is 18.2 Å². The van der Waals surface area contributed by atoms with Crippen LogP contribution in [0, 0.1) is 0 Å². The molecule has 2 aliphatic rings. The van der Waals surface area contributed by atoms with Crippen LogP contribution in [0.5, 0.6) is 11.5 Å². The van der Waals surface area contributed by atoms with Crippen LogP contribution >= 0.6 is 0 Å². The summed E-state index contributed by atoms with van der Waals surface area (Å²) in [5.74, 6) is 1.70. The van der Waals surface area contributed by atoms with Crippen LogP contribution in [0.2, 0.25) is 0 Å². The lowest BCUT2D eigenvalue weighted by molar-refractivity contribution is -0.116. The standard InChI is InChI=1S/C21H21NO3/c1-24-20-9-7-17(22-16-6-8-18(23)12-16)13-21(20)25-19-10-14-4-2-3-5-15(14)11-19/h2-5,7,9,13,19H,6,8,10-12H2,1H3. The lowest BCUT2D eigenvalue weighted by atomic mass is 10.1. The zero-order valence-corrected chi connectivity index (χ0v) is 14.3. The summed E-state index contributed by atoms with van der Waals surface area (Å²) in [5.41, 5.74) is 4.48. The van der Waals surface area contributed by atoms with Crippen LogP contribution in [0.4, 0.5) is 5.69 Å². The van der Waals surface area contributed by atoms with Crippen molar-refractivity contribution in [1.82, 2.24) is 0 Å². The van der Waals surface area contributed by atoms with E-state index in [9.17, 15) is 4.79 Å². The molecule has 4 heteroatoms. The smallest absolute Gasteiger partial charge is 0.163 e. The first-order valence-corrected chi connectivity index (χ1v) is 8.71. The van der Waals surface area contributed by atoms with Gasteiger partial charge < -0.3 is 9.47 Å². The van der Waals surface area contributed by atoms with E-state index in [4.69, 9.17) is 9.47 Å². The van der Waals surface area contributed by atoms with E-state index in [0.717, 1.165) is 30.7 Å².